The fourth-order valence-corrected chi connectivity index (χ4v) is 2.27. The highest BCUT2D eigenvalue weighted by Crippen LogP contribution is 2.15. The van der Waals surface area contributed by atoms with Crippen LogP contribution in [0.4, 0.5) is 4.79 Å². The zero-order chi connectivity index (χ0) is 16.9. The van der Waals surface area contributed by atoms with Crippen LogP contribution in [0.25, 0.3) is 0 Å². The maximum atomic E-state index is 12.1. The molecule has 0 radical (unpaired) electrons. The fourth-order valence-electron chi connectivity index (χ4n) is 2.27. The number of aromatic nitrogens is 2. The van der Waals surface area contributed by atoms with Gasteiger partial charge in [0.2, 0.25) is 0 Å². The molecule has 0 spiro atoms. The smallest absolute Gasteiger partial charge is 0.409 e. The largest absolute Gasteiger partial charge is 0.444 e. The molecule has 0 bridgehead atoms. The summed E-state index contributed by atoms with van der Waals surface area (Å²) < 4.78 is 7.14. The lowest BCUT2D eigenvalue weighted by Gasteiger charge is -2.24. The van der Waals surface area contributed by atoms with E-state index in [0.717, 1.165) is 18.5 Å². The molecule has 0 saturated heterocycles. The van der Waals surface area contributed by atoms with Gasteiger partial charge in [-0.3, -0.25) is 5.32 Å². The minimum Gasteiger partial charge on any atom is -0.444 e. The summed E-state index contributed by atoms with van der Waals surface area (Å²) in [5, 5.41) is 7.33. The number of amides is 1. The average molecular weight is 315 g/mol. The Morgan fingerprint density at radius 1 is 1.26 bits per heavy atom. The standard InChI is InChI=1S/C18H25N3O2/c1-14-12-13-21(20-14)16(19-17(22)23-18(2,3)4)11-10-15-8-6-5-7-9-15/h5-9,12-13,16H,10-11H2,1-4H3,(H,19,22). The van der Waals surface area contributed by atoms with Crippen molar-refractivity contribution >= 4 is 6.09 Å². The van der Waals surface area contributed by atoms with Crippen molar-refractivity contribution in [1.82, 2.24) is 15.1 Å². The molecule has 1 unspecified atom stereocenters. The summed E-state index contributed by atoms with van der Waals surface area (Å²) >= 11 is 0. The van der Waals surface area contributed by atoms with Crippen molar-refractivity contribution in [1.29, 1.82) is 0 Å². The normalized spacial score (nSPS) is 12.7. The Kier molecular flexibility index (Phi) is 5.42. The molecule has 1 aromatic heterocycles. The molecule has 23 heavy (non-hydrogen) atoms. The zero-order valence-electron chi connectivity index (χ0n) is 14.2. The Balaban J connectivity index is 2.04. The molecule has 1 heterocycles. The van der Waals surface area contributed by atoms with Gasteiger partial charge in [-0.25, -0.2) is 9.48 Å². The molecule has 5 nitrogen and oxygen atoms in total. The highest BCUT2D eigenvalue weighted by atomic mass is 16.6. The van der Waals surface area contributed by atoms with Gasteiger partial charge in [0, 0.05) is 6.20 Å². The SMILES string of the molecule is Cc1ccn(C(CCc2ccccc2)NC(=O)OC(C)(C)C)n1. The summed E-state index contributed by atoms with van der Waals surface area (Å²) in [4.78, 5) is 12.1. The van der Waals surface area contributed by atoms with Gasteiger partial charge in [0.25, 0.3) is 0 Å². The third-order valence-corrected chi connectivity index (χ3v) is 3.29. The number of rotatable bonds is 5. The van der Waals surface area contributed by atoms with E-state index in [9.17, 15) is 4.79 Å². The van der Waals surface area contributed by atoms with Gasteiger partial charge in [0.1, 0.15) is 11.8 Å². The van der Waals surface area contributed by atoms with E-state index >= 15 is 0 Å². The Hall–Kier alpha value is -2.30. The Morgan fingerprint density at radius 2 is 1.96 bits per heavy atom. The van der Waals surface area contributed by atoms with Crippen molar-refractivity contribution in [2.45, 2.75) is 52.3 Å². The molecule has 0 saturated carbocycles. The maximum absolute atomic E-state index is 12.1. The van der Waals surface area contributed by atoms with Crippen LogP contribution in [0.15, 0.2) is 42.6 Å². The van der Waals surface area contributed by atoms with Crippen molar-refractivity contribution in [2.24, 2.45) is 0 Å². The second kappa shape index (κ2) is 7.31. The van der Waals surface area contributed by atoms with Crippen LogP contribution in [0.2, 0.25) is 0 Å². The number of aryl methyl sites for hydroxylation is 2. The first-order chi connectivity index (χ1) is 10.8. The molecule has 1 atom stereocenters. The predicted octanol–water partition coefficient (Wildman–Crippen LogP) is 3.85. The summed E-state index contributed by atoms with van der Waals surface area (Å²) in [6.45, 7) is 7.48. The minimum absolute atomic E-state index is 0.237. The minimum atomic E-state index is -0.520. The number of hydrogen-bond donors (Lipinski definition) is 1. The molecular weight excluding hydrogens is 290 g/mol. The van der Waals surface area contributed by atoms with E-state index in [-0.39, 0.29) is 6.17 Å². The molecule has 1 aromatic carbocycles. The second-order valence-electron chi connectivity index (χ2n) is 6.62. The van der Waals surface area contributed by atoms with Gasteiger partial charge in [0.05, 0.1) is 5.69 Å². The summed E-state index contributed by atoms with van der Waals surface area (Å²) in [6, 6.07) is 12.1. The summed E-state index contributed by atoms with van der Waals surface area (Å²) in [6.07, 6.45) is 2.80. The van der Waals surface area contributed by atoms with Crippen LogP contribution >= 0.6 is 0 Å². The van der Waals surface area contributed by atoms with Crippen molar-refractivity contribution in [3.8, 4) is 0 Å². The average Bonchev–Trinajstić information content (AvgIpc) is 2.89. The number of carbonyl (C=O) groups excluding carboxylic acids is 1. The molecular formula is C18H25N3O2. The number of alkyl carbamates (subject to hydrolysis) is 1. The Morgan fingerprint density at radius 3 is 2.52 bits per heavy atom. The first-order valence-electron chi connectivity index (χ1n) is 7.89. The monoisotopic (exact) mass is 315 g/mol. The van der Waals surface area contributed by atoms with Crippen LogP contribution in [0, 0.1) is 6.92 Å². The van der Waals surface area contributed by atoms with E-state index in [0.29, 0.717) is 0 Å². The molecule has 1 N–H and O–H groups in total. The van der Waals surface area contributed by atoms with Gasteiger partial charge in [-0.2, -0.15) is 5.10 Å². The van der Waals surface area contributed by atoms with Gasteiger partial charge in [0.15, 0.2) is 0 Å². The van der Waals surface area contributed by atoms with E-state index < -0.39 is 11.7 Å². The first-order valence-corrected chi connectivity index (χ1v) is 7.89. The van der Waals surface area contributed by atoms with Crippen LogP contribution in [0.5, 0.6) is 0 Å². The van der Waals surface area contributed by atoms with Crippen molar-refractivity contribution in [3.05, 3.63) is 53.9 Å². The van der Waals surface area contributed by atoms with Crippen molar-refractivity contribution < 1.29 is 9.53 Å². The van der Waals surface area contributed by atoms with Gasteiger partial charge < -0.3 is 4.74 Å². The fraction of sp³-hybridized carbons (Fsp3) is 0.444. The summed E-state index contributed by atoms with van der Waals surface area (Å²) in [5.41, 5.74) is 1.63. The molecule has 5 heteroatoms. The summed E-state index contributed by atoms with van der Waals surface area (Å²) in [5.74, 6) is 0. The number of nitrogens with zero attached hydrogens (tertiary/aromatic N) is 2. The zero-order valence-corrected chi connectivity index (χ0v) is 14.2. The second-order valence-corrected chi connectivity index (χ2v) is 6.62. The lowest BCUT2D eigenvalue weighted by Crippen LogP contribution is -2.37. The topological polar surface area (TPSA) is 56.2 Å². The molecule has 0 aliphatic carbocycles. The predicted molar refractivity (Wildman–Crippen MR) is 90.1 cm³/mol. The molecule has 2 rings (SSSR count). The van der Waals surface area contributed by atoms with E-state index in [1.165, 1.54) is 5.56 Å². The third kappa shape index (κ3) is 5.77. The maximum Gasteiger partial charge on any atom is 0.409 e. The van der Waals surface area contributed by atoms with Gasteiger partial charge >= 0.3 is 6.09 Å². The molecule has 0 aliphatic heterocycles. The van der Waals surface area contributed by atoms with Gasteiger partial charge in [-0.15, -0.1) is 0 Å². The summed E-state index contributed by atoms with van der Waals surface area (Å²) in [7, 11) is 0. The van der Waals surface area contributed by atoms with Crippen LogP contribution in [0.3, 0.4) is 0 Å². The van der Waals surface area contributed by atoms with Crippen LogP contribution in [-0.4, -0.2) is 21.5 Å². The Labute approximate surface area is 137 Å². The van der Waals surface area contributed by atoms with E-state index in [1.807, 2.05) is 58.2 Å². The molecule has 2 aromatic rings. The van der Waals surface area contributed by atoms with Crippen molar-refractivity contribution in [2.75, 3.05) is 0 Å². The van der Waals surface area contributed by atoms with Gasteiger partial charge in [-0.1, -0.05) is 30.3 Å². The molecule has 0 fully saturated rings. The number of hydrogen-bond acceptors (Lipinski definition) is 3. The molecule has 1 amide bonds. The highest BCUT2D eigenvalue weighted by molar-refractivity contribution is 5.67. The third-order valence-electron chi connectivity index (χ3n) is 3.29. The highest BCUT2D eigenvalue weighted by Gasteiger charge is 2.20. The van der Waals surface area contributed by atoms with Crippen molar-refractivity contribution in [3.63, 3.8) is 0 Å². The Bertz CT molecular complexity index is 629. The quantitative estimate of drug-likeness (QED) is 0.912. The van der Waals surface area contributed by atoms with Crippen LogP contribution < -0.4 is 5.32 Å². The van der Waals surface area contributed by atoms with E-state index in [1.54, 1.807) is 4.68 Å². The van der Waals surface area contributed by atoms with Crippen LogP contribution in [0.1, 0.15) is 44.6 Å². The lowest BCUT2D eigenvalue weighted by atomic mass is 10.1. The number of carbonyl (C=O) groups is 1. The van der Waals surface area contributed by atoms with Gasteiger partial charge in [-0.05, 0) is 52.2 Å². The first kappa shape index (κ1) is 17.1. The molecule has 124 valence electrons. The van der Waals surface area contributed by atoms with E-state index in [2.05, 4.69) is 22.5 Å². The number of ether oxygens (including phenoxy) is 1. The molecule has 0 aliphatic rings. The number of nitrogens with one attached hydrogen (secondary N) is 1. The van der Waals surface area contributed by atoms with Crippen LogP contribution in [-0.2, 0) is 11.2 Å². The number of benzene rings is 1. The van der Waals surface area contributed by atoms with E-state index in [4.69, 9.17) is 4.74 Å². The lowest BCUT2D eigenvalue weighted by molar-refractivity contribution is 0.0472.